The summed E-state index contributed by atoms with van der Waals surface area (Å²) in [6, 6.07) is 4.36. The van der Waals surface area contributed by atoms with Gasteiger partial charge in [0.05, 0.1) is 0 Å². The van der Waals surface area contributed by atoms with Gasteiger partial charge in [0.15, 0.2) is 0 Å². The molecule has 1 aromatic rings. The summed E-state index contributed by atoms with van der Waals surface area (Å²) in [6.45, 7) is 10.1. The van der Waals surface area contributed by atoms with Crippen molar-refractivity contribution < 1.29 is 0 Å². The van der Waals surface area contributed by atoms with Gasteiger partial charge in [-0.2, -0.15) is 0 Å². The first kappa shape index (κ1) is 14.3. The first-order chi connectivity index (χ1) is 8.97. The standard InChI is InChI=1S/C16H27N3/c1-16(2,3)14-5-6-15(18-11-14)19(4)12-13-7-9-17-10-8-13/h5-6,11,13,17H,7-10,12H2,1-4H3. The van der Waals surface area contributed by atoms with E-state index in [1.165, 1.54) is 18.4 Å². The lowest BCUT2D eigenvalue weighted by molar-refractivity contribution is 0.377. The van der Waals surface area contributed by atoms with Crippen LogP contribution in [0.5, 0.6) is 0 Å². The summed E-state index contributed by atoms with van der Waals surface area (Å²) in [7, 11) is 2.15. The van der Waals surface area contributed by atoms with Gasteiger partial charge in [0.1, 0.15) is 5.82 Å². The zero-order valence-corrected chi connectivity index (χ0v) is 12.7. The van der Waals surface area contributed by atoms with Crippen LogP contribution < -0.4 is 10.2 Å². The number of nitrogens with zero attached hydrogens (tertiary/aromatic N) is 2. The van der Waals surface area contributed by atoms with Gasteiger partial charge in [0.25, 0.3) is 0 Å². The van der Waals surface area contributed by atoms with Crippen molar-refractivity contribution in [2.24, 2.45) is 5.92 Å². The summed E-state index contributed by atoms with van der Waals surface area (Å²) in [5, 5.41) is 3.42. The average molecular weight is 261 g/mol. The van der Waals surface area contributed by atoms with Crippen molar-refractivity contribution >= 4 is 5.82 Å². The van der Waals surface area contributed by atoms with Crippen molar-refractivity contribution in [3.63, 3.8) is 0 Å². The quantitative estimate of drug-likeness (QED) is 0.907. The molecule has 0 aromatic carbocycles. The first-order valence-corrected chi connectivity index (χ1v) is 7.35. The molecule has 2 heterocycles. The molecular formula is C16H27N3. The van der Waals surface area contributed by atoms with Crippen molar-refractivity contribution in [2.45, 2.75) is 39.0 Å². The van der Waals surface area contributed by atoms with Gasteiger partial charge in [-0.15, -0.1) is 0 Å². The first-order valence-electron chi connectivity index (χ1n) is 7.35. The molecule has 106 valence electrons. The van der Waals surface area contributed by atoms with Gasteiger partial charge in [0, 0.05) is 19.8 Å². The summed E-state index contributed by atoms with van der Waals surface area (Å²) >= 11 is 0. The Morgan fingerprint density at radius 1 is 1.26 bits per heavy atom. The molecule has 19 heavy (non-hydrogen) atoms. The summed E-state index contributed by atoms with van der Waals surface area (Å²) in [6.07, 6.45) is 4.59. The smallest absolute Gasteiger partial charge is 0.128 e. The third-order valence-electron chi connectivity index (χ3n) is 4.00. The molecule has 3 nitrogen and oxygen atoms in total. The maximum absolute atomic E-state index is 4.62. The zero-order chi connectivity index (χ0) is 13.9. The fourth-order valence-electron chi connectivity index (χ4n) is 2.60. The van der Waals surface area contributed by atoms with Crippen LogP contribution in [0, 0.1) is 5.92 Å². The van der Waals surface area contributed by atoms with Crippen molar-refractivity contribution in [3.8, 4) is 0 Å². The van der Waals surface area contributed by atoms with Gasteiger partial charge in [-0.1, -0.05) is 26.8 Å². The van der Waals surface area contributed by atoms with Crippen LogP contribution in [0.1, 0.15) is 39.2 Å². The fourth-order valence-corrected chi connectivity index (χ4v) is 2.60. The summed E-state index contributed by atoms with van der Waals surface area (Å²) in [4.78, 5) is 6.91. The summed E-state index contributed by atoms with van der Waals surface area (Å²) in [5.41, 5.74) is 1.48. The van der Waals surface area contributed by atoms with Crippen LogP contribution in [0.4, 0.5) is 5.82 Å². The van der Waals surface area contributed by atoms with Crippen molar-refractivity contribution in [1.82, 2.24) is 10.3 Å². The lowest BCUT2D eigenvalue weighted by atomic mass is 9.88. The highest BCUT2D eigenvalue weighted by Crippen LogP contribution is 2.23. The van der Waals surface area contributed by atoms with Gasteiger partial charge < -0.3 is 10.2 Å². The molecule has 0 bridgehead atoms. The van der Waals surface area contributed by atoms with Gasteiger partial charge in [0.2, 0.25) is 0 Å². The molecule has 0 amide bonds. The molecule has 1 aliphatic rings. The van der Waals surface area contributed by atoms with Gasteiger partial charge in [-0.05, 0) is 48.9 Å². The number of nitrogens with one attached hydrogen (secondary N) is 1. The molecule has 0 unspecified atom stereocenters. The minimum absolute atomic E-state index is 0.180. The second kappa shape index (κ2) is 5.91. The van der Waals surface area contributed by atoms with Crippen LogP contribution in [0.15, 0.2) is 18.3 Å². The average Bonchev–Trinajstić information content (AvgIpc) is 2.39. The number of hydrogen-bond acceptors (Lipinski definition) is 3. The van der Waals surface area contributed by atoms with E-state index in [0.717, 1.165) is 31.4 Å². The highest BCUT2D eigenvalue weighted by Gasteiger charge is 2.17. The molecule has 1 fully saturated rings. The van der Waals surface area contributed by atoms with E-state index in [1.54, 1.807) is 0 Å². The number of piperidine rings is 1. The molecule has 1 N–H and O–H groups in total. The number of pyridine rings is 1. The molecule has 1 aliphatic heterocycles. The van der Waals surface area contributed by atoms with Crippen LogP contribution in [-0.4, -0.2) is 31.7 Å². The summed E-state index contributed by atoms with van der Waals surface area (Å²) in [5.74, 6) is 1.89. The highest BCUT2D eigenvalue weighted by molar-refractivity contribution is 5.39. The fraction of sp³-hybridized carbons (Fsp3) is 0.688. The van der Waals surface area contributed by atoms with E-state index >= 15 is 0 Å². The largest absolute Gasteiger partial charge is 0.359 e. The molecule has 2 rings (SSSR count). The van der Waals surface area contributed by atoms with Gasteiger partial charge >= 0.3 is 0 Å². The van der Waals surface area contributed by atoms with Crippen LogP contribution in [0.25, 0.3) is 0 Å². The Hall–Kier alpha value is -1.09. The molecular weight excluding hydrogens is 234 g/mol. The highest BCUT2D eigenvalue weighted by atomic mass is 15.2. The molecule has 0 spiro atoms. The Morgan fingerprint density at radius 2 is 1.95 bits per heavy atom. The van der Waals surface area contributed by atoms with E-state index in [4.69, 9.17) is 0 Å². The van der Waals surface area contributed by atoms with Crippen LogP contribution in [-0.2, 0) is 5.41 Å². The lowest BCUT2D eigenvalue weighted by Gasteiger charge is -2.28. The van der Waals surface area contributed by atoms with Crippen LogP contribution >= 0.6 is 0 Å². The van der Waals surface area contributed by atoms with Crippen molar-refractivity contribution in [1.29, 1.82) is 0 Å². The predicted octanol–water partition coefficient (Wildman–Crippen LogP) is 2.81. The molecule has 1 aromatic heterocycles. The second-order valence-electron chi connectivity index (χ2n) is 6.73. The molecule has 3 heteroatoms. The second-order valence-corrected chi connectivity index (χ2v) is 6.73. The Morgan fingerprint density at radius 3 is 2.47 bits per heavy atom. The summed E-state index contributed by atoms with van der Waals surface area (Å²) < 4.78 is 0. The molecule has 0 atom stereocenters. The Kier molecular flexibility index (Phi) is 4.46. The SMILES string of the molecule is CN(CC1CCNCC1)c1ccc(C(C)(C)C)cn1. The molecule has 0 aliphatic carbocycles. The number of anilines is 1. The predicted molar refractivity (Wildman–Crippen MR) is 81.8 cm³/mol. The van der Waals surface area contributed by atoms with E-state index in [9.17, 15) is 0 Å². The number of rotatable bonds is 3. The van der Waals surface area contributed by atoms with Gasteiger partial charge in [-0.3, -0.25) is 0 Å². The topological polar surface area (TPSA) is 28.2 Å². The third kappa shape index (κ3) is 3.93. The Labute approximate surface area is 117 Å². The van der Waals surface area contributed by atoms with E-state index in [-0.39, 0.29) is 5.41 Å². The minimum atomic E-state index is 0.180. The van der Waals surface area contributed by atoms with Crippen LogP contribution in [0.3, 0.4) is 0 Å². The van der Waals surface area contributed by atoms with E-state index < -0.39 is 0 Å². The minimum Gasteiger partial charge on any atom is -0.359 e. The monoisotopic (exact) mass is 261 g/mol. The lowest BCUT2D eigenvalue weighted by Crippen LogP contribution is -2.34. The Balaban J connectivity index is 1.97. The number of aromatic nitrogens is 1. The van der Waals surface area contributed by atoms with E-state index in [2.05, 4.69) is 55.2 Å². The maximum atomic E-state index is 4.62. The molecule has 0 radical (unpaired) electrons. The molecule has 1 saturated heterocycles. The van der Waals surface area contributed by atoms with Crippen molar-refractivity contribution in [2.75, 3.05) is 31.6 Å². The maximum Gasteiger partial charge on any atom is 0.128 e. The zero-order valence-electron chi connectivity index (χ0n) is 12.7. The normalized spacial score (nSPS) is 17.5. The Bertz CT molecular complexity index is 385. The van der Waals surface area contributed by atoms with Crippen LogP contribution in [0.2, 0.25) is 0 Å². The number of hydrogen-bond donors (Lipinski definition) is 1. The van der Waals surface area contributed by atoms with E-state index in [1.807, 2.05) is 6.20 Å². The third-order valence-corrected chi connectivity index (χ3v) is 4.00. The van der Waals surface area contributed by atoms with Gasteiger partial charge in [-0.25, -0.2) is 4.98 Å². The van der Waals surface area contributed by atoms with Crippen molar-refractivity contribution in [3.05, 3.63) is 23.9 Å². The molecule has 0 saturated carbocycles. The van der Waals surface area contributed by atoms with E-state index in [0.29, 0.717) is 0 Å².